The topological polar surface area (TPSA) is 41.6 Å². The quantitative estimate of drug-likeness (QED) is 0.892. The Morgan fingerprint density at radius 3 is 2.57 bits per heavy atom. The van der Waals surface area contributed by atoms with Crippen molar-refractivity contribution in [2.24, 2.45) is 0 Å². The number of aromatic nitrogens is 3. The predicted molar refractivity (Wildman–Crippen MR) is 58.9 cm³/mol. The van der Waals surface area contributed by atoms with E-state index >= 15 is 0 Å². The van der Waals surface area contributed by atoms with Crippen molar-refractivity contribution in [2.75, 3.05) is 0 Å². The van der Waals surface area contributed by atoms with Gasteiger partial charge < -0.3 is 0 Å². The lowest BCUT2D eigenvalue weighted by atomic mass is 10.1. The van der Waals surface area contributed by atoms with Crippen molar-refractivity contribution in [3.05, 3.63) is 34.4 Å². The van der Waals surface area contributed by atoms with E-state index in [4.69, 9.17) is 0 Å². The summed E-state index contributed by atoms with van der Waals surface area (Å²) in [6.07, 6.45) is 0.891. The molecule has 0 spiro atoms. The molecule has 0 unspecified atom stereocenters. The van der Waals surface area contributed by atoms with Crippen LogP contribution in [0.15, 0.2) is 28.7 Å². The van der Waals surface area contributed by atoms with Gasteiger partial charge in [-0.05, 0) is 18.6 Å². The van der Waals surface area contributed by atoms with Crippen molar-refractivity contribution in [1.82, 2.24) is 15.4 Å². The lowest BCUT2D eigenvalue weighted by Crippen LogP contribution is -1.85. The molecule has 2 aromatic rings. The zero-order valence-corrected chi connectivity index (χ0v) is 9.37. The lowest BCUT2D eigenvalue weighted by molar-refractivity contribution is 0.908. The summed E-state index contributed by atoms with van der Waals surface area (Å²) in [5.74, 6) is 0. The zero-order chi connectivity index (χ0) is 9.97. The van der Waals surface area contributed by atoms with Gasteiger partial charge >= 0.3 is 0 Å². The molecule has 0 atom stereocenters. The number of H-pyrrole nitrogens is 1. The van der Waals surface area contributed by atoms with Crippen LogP contribution in [0, 0.1) is 0 Å². The molecule has 0 saturated heterocycles. The molecule has 0 saturated carbocycles. The van der Waals surface area contributed by atoms with Crippen molar-refractivity contribution in [3.63, 3.8) is 0 Å². The van der Waals surface area contributed by atoms with E-state index in [1.54, 1.807) is 0 Å². The third-order valence-corrected chi connectivity index (χ3v) is 2.60. The molecule has 0 amide bonds. The Labute approximate surface area is 90.7 Å². The smallest absolute Gasteiger partial charge is 0.115 e. The number of aryl methyl sites for hydroxylation is 1. The predicted octanol–water partition coefficient (Wildman–Crippen LogP) is 2.80. The van der Waals surface area contributed by atoms with Crippen LogP contribution in [0.5, 0.6) is 0 Å². The van der Waals surface area contributed by atoms with Gasteiger partial charge in [-0.15, -0.1) is 0 Å². The number of halogens is 1. The van der Waals surface area contributed by atoms with E-state index in [2.05, 4.69) is 38.3 Å². The van der Waals surface area contributed by atoms with E-state index in [1.807, 2.05) is 24.3 Å². The number of rotatable bonds is 2. The Morgan fingerprint density at radius 1 is 1.21 bits per heavy atom. The summed E-state index contributed by atoms with van der Waals surface area (Å²) in [5.41, 5.74) is 3.05. The van der Waals surface area contributed by atoms with Crippen molar-refractivity contribution in [1.29, 1.82) is 0 Å². The third-order valence-electron chi connectivity index (χ3n) is 2.07. The molecule has 0 fully saturated rings. The Kier molecular flexibility index (Phi) is 2.63. The monoisotopic (exact) mass is 251 g/mol. The Morgan fingerprint density at radius 2 is 1.93 bits per heavy atom. The number of hydrogen-bond acceptors (Lipinski definition) is 2. The molecule has 1 heterocycles. The van der Waals surface area contributed by atoms with Crippen LogP contribution in [-0.4, -0.2) is 15.4 Å². The first kappa shape index (κ1) is 9.40. The first-order valence-electron chi connectivity index (χ1n) is 4.47. The highest BCUT2D eigenvalue weighted by Crippen LogP contribution is 2.21. The van der Waals surface area contributed by atoms with Gasteiger partial charge in [0.05, 0.1) is 5.69 Å². The van der Waals surface area contributed by atoms with Crippen molar-refractivity contribution in [3.8, 4) is 11.3 Å². The average molecular weight is 252 g/mol. The standard InChI is InChI=1S/C10H10BrN3/c1-2-9-10(13-14-12-9)7-3-5-8(11)6-4-7/h3-6H,2H2,1H3,(H,12,13,14). The van der Waals surface area contributed by atoms with Crippen LogP contribution in [0.25, 0.3) is 11.3 Å². The van der Waals surface area contributed by atoms with Gasteiger partial charge in [0.1, 0.15) is 5.69 Å². The number of hydrogen-bond donors (Lipinski definition) is 1. The molecule has 0 aliphatic carbocycles. The fourth-order valence-electron chi connectivity index (χ4n) is 1.34. The Balaban J connectivity index is 2.44. The second kappa shape index (κ2) is 3.92. The maximum atomic E-state index is 4.14. The summed E-state index contributed by atoms with van der Waals surface area (Å²) in [6, 6.07) is 8.06. The van der Waals surface area contributed by atoms with Crippen LogP contribution in [0.4, 0.5) is 0 Å². The number of nitrogens with zero attached hydrogens (tertiary/aromatic N) is 2. The second-order valence-corrected chi connectivity index (χ2v) is 3.90. The van der Waals surface area contributed by atoms with Crippen molar-refractivity contribution in [2.45, 2.75) is 13.3 Å². The third kappa shape index (κ3) is 1.70. The largest absolute Gasteiger partial charge is 0.197 e. The molecule has 0 aliphatic rings. The molecule has 1 aromatic carbocycles. The zero-order valence-electron chi connectivity index (χ0n) is 7.79. The fourth-order valence-corrected chi connectivity index (χ4v) is 1.60. The summed E-state index contributed by atoms with van der Waals surface area (Å²) in [5, 5.41) is 10.9. The molecule has 1 aromatic heterocycles. The summed E-state index contributed by atoms with van der Waals surface area (Å²) in [7, 11) is 0. The highest BCUT2D eigenvalue weighted by Gasteiger charge is 2.07. The van der Waals surface area contributed by atoms with Gasteiger partial charge in [0, 0.05) is 10.0 Å². The van der Waals surface area contributed by atoms with Gasteiger partial charge in [-0.2, -0.15) is 15.4 Å². The second-order valence-electron chi connectivity index (χ2n) is 2.98. The van der Waals surface area contributed by atoms with Crippen LogP contribution < -0.4 is 0 Å². The van der Waals surface area contributed by atoms with Crippen molar-refractivity contribution < 1.29 is 0 Å². The van der Waals surface area contributed by atoms with Gasteiger partial charge in [-0.25, -0.2) is 0 Å². The summed E-state index contributed by atoms with van der Waals surface area (Å²) < 4.78 is 1.07. The van der Waals surface area contributed by atoms with Gasteiger partial charge in [0.25, 0.3) is 0 Å². The van der Waals surface area contributed by atoms with Crippen LogP contribution in [0.1, 0.15) is 12.6 Å². The number of benzene rings is 1. The van der Waals surface area contributed by atoms with Crippen LogP contribution >= 0.6 is 15.9 Å². The van der Waals surface area contributed by atoms with E-state index in [-0.39, 0.29) is 0 Å². The number of aromatic amines is 1. The van der Waals surface area contributed by atoms with Gasteiger partial charge in [0.2, 0.25) is 0 Å². The Hall–Kier alpha value is -1.16. The summed E-state index contributed by atoms with van der Waals surface area (Å²) >= 11 is 3.40. The van der Waals surface area contributed by atoms with Crippen molar-refractivity contribution >= 4 is 15.9 Å². The first-order valence-corrected chi connectivity index (χ1v) is 5.26. The molecule has 0 radical (unpaired) electrons. The van der Waals surface area contributed by atoms with E-state index in [9.17, 15) is 0 Å². The minimum absolute atomic E-state index is 0.891. The molecule has 4 heteroatoms. The lowest BCUT2D eigenvalue weighted by Gasteiger charge is -1.98. The minimum atomic E-state index is 0.891. The Bertz CT molecular complexity index is 419. The molecule has 0 bridgehead atoms. The highest BCUT2D eigenvalue weighted by molar-refractivity contribution is 9.10. The maximum Gasteiger partial charge on any atom is 0.115 e. The van der Waals surface area contributed by atoms with Gasteiger partial charge in [-0.3, -0.25) is 0 Å². The average Bonchev–Trinajstić information content (AvgIpc) is 2.67. The minimum Gasteiger partial charge on any atom is -0.197 e. The SMILES string of the molecule is CCc1n[nH]nc1-c1ccc(Br)cc1. The van der Waals surface area contributed by atoms with Gasteiger partial charge in [0.15, 0.2) is 0 Å². The number of nitrogens with one attached hydrogen (secondary N) is 1. The summed E-state index contributed by atoms with van der Waals surface area (Å²) in [4.78, 5) is 0. The van der Waals surface area contributed by atoms with E-state index < -0.39 is 0 Å². The molecule has 14 heavy (non-hydrogen) atoms. The van der Waals surface area contributed by atoms with E-state index in [0.29, 0.717) is 0 Å². The van der Waals surface area contributed by atoms with Crippen LogP contribution in [-0.2, 0) is 6.42 Å². The molecular formula is C10H10BrN3. The normalized spacial score (nSPS) is 10.4. The molecule has 0 aliphatic heterocycles. The first-order chi connectivity index (χ1) is 6.81. The fraction of sp³-hybridized carbons (Fsp3) is 0.200. The maximum absolute atomic E-state index is 4.14. The highest BCUT2D eigenvalue weighted by atomic mass is 79.9. The molecule has 1 N–H and O–H groups in total. The van der Waals surface area contributed by atoms with E-state index in [0.717, 1.165) is 27.8 Å². The summed E-state index contributed by atoms with van der Waals surface area (Å²) in [6.45, 7) is 2.07. The molecule has 72 valence electrons. The molecular weight excluding hydrogens is 242 g/mol. The molecule has 2 rings (SSSR count). The van der Waals surface area contributed by atoms with Crippen LogP contribution in [0.2, 0.25) is 0 Å². The van der Waals surface area contributed by atoms with Crippen LogP contribution in [0.3, 0.4) is 0 Å². The molecule has 3 nitrogen and oxygen atoms in total. The van der Waals surface area contributed by atoms with E-state index in [1.165, 1.54) is 0 Å². The van der Waals surface area contributed by atoms with Gasteiger partial charge in [-0.1, -0.05) is 35.0 Å².